The van der Waals surface area contributed by atoms with Crippen LogP contribution in [0.5, 0.6) is 5.75 Å². The Morgan fingerprint density at radius 1 is 1.03 bits per heavy atom. The van der Waals surface area contributed by atoms with E-state index in [0.29, 0.717) is 6.54 Å². The van der Waals surface area contributed by atoms with Gasteiger partial charge in [-0.25, -0.2) is 0 Å². The first kappa shape index (κ1) is 25.3. The number of nitrogens with zero attached hydrogens (tertiary/aromatic N) is 3. The first-order chi connectivity index (χ1) is 17.1. The fourth-order valence-corrected chi connectivity index (χ4v) is 5.22. The van der Waals surface area contributed by atoms with Gasteiger partial charge in [-0.1, -0.05) is 32.0 Å². The summed E-state index contributed by atoms with van der Waals surface area (Å²) in [6.45, 7) is 9.85. The number of aryl methyl sites for hydroxylation is 1. The number of ether oxygens (including phenoxy) is 1. The Balaban J connectivity index is 1.26. The van der Waals surface area contributed by atoms with Crippen molar-refractivity contribution < 1.29 is 9.53 Å². The van der Waals surface area contributed by atoms with E-state index in [2.05, 4.69) is 59.1 Å². The number of fused-ring (bicyclic) bond motifs is 1. The topological polar surface area (TPSA) is 51.8 Å². The number of anilines is 1. The zero-order valence-electron chi connectivity index (χ0n) is 21.5. The van der Waals surface area contributed by atoms with Crippen molar-refractivity contribution >= 4 is 22.5 Å². The molecule has 35 heavy (non-hydrogen) atoms. The number of aromatic amines is 1. The lowest BCUT2D eigenvalue weighted by atomic mass is 10.1. The number of methoxy groups -OCH3 is 1. The molecule has 3 aromatic rings. The van der Waals surface area contributed by atoms with Crippen molar-refractivity contribution in [3.05, 3.63) is 60.3 Å². The van der Waals surface area contributed by atoms with Crippen LogP contribution in [0.2, 0.25) is 0 Å². The lowest BCUT2D eigenvalue weighted by molar-refractivity contribution is -0.120. The summed E-state index contributed by atoms with van der Waals surface area (Å²) >= 11 is 0. The molecule has 1 saturated heterocycles. The van der Waals surface area contributed by atoms with Crippen molar-refractivity contribution in [2.75, 3.05) is 51.3 Å². The van der Waals surface area contributed by atoms with Gasteiger partial charge in [-0.05, 0) is 68.1 Å². The minimum atomic E-state index is 0.216. The summed E-state index contributed by atoms with van der Waals surface area (Å²) in [7, 11) is 1.71. The second-order valence-corrected chi connectivity index (χ2v) is 9.52. The number of hydrogen-bond donors (Lipinski definition) is 1. The summed E-state index contributed by atoms with van der Waals surface area (Å²) < 4.78 is 5.40. The Morgan fingerprint density at radius 3 is 2.43 bits per heavy atom. The SMILES string of the molecule is CCC(CC)N(C(=O)CN1CCN(CCCc2c[nH]c3ccc(OC)cc23)CC1)c1ccccc1. The molecule has 1 aliphatic heterocycles. The summed E-state index contributed by atoms with van der Waals surface area (Å²) in [5.41, 5.74) is 3.53. The van der Waals surface area contributed by atoms with Crippen molar-refractivity contribution in [2.24, 2.45) is 0 Å². The standard InChI is InChI=1S/C29H40N4O2/c1-4-24(5-2)33(25-11-7-6-8-12-25)29(34)22-32-18-16-31(17-19-32)15-9-10-23-21-30-28-14-13-26(35-3)20-27(23)28/h6-8,11-14,20-21,24,30H,4-5,9-10,15-19,22H2,1-3H3. The van der Waals surface area contributed by atoms with Gasteiger partial charge in [0.25, 0.3) is 0 Å². The maximum atomic E-state index is 13.4. The van der Waals surface area contributed by atoms with E-state index in [0.717, 1.165) is 75.4 Å². The number of amides is 1. The number of hydrogen-bond acceptors (Lipinski definition) is 4. The molecule has 4 rings (SSSR count). The van der Waals surface area contributed by atoms with Gasteiger partial charge in [-0.15, -0.1) is 0 Å². The van der Waals surface area contributed by atoms with Crippen LogP contribution < -0.4 is 9.64 Å². The Kier molecular flexibility index (Phi) is 8.83. The van der Waals surface area contributed by atoms with E-state index in [1.54, 1.807) is 7.11 Å². The molecular weight excluding hydrogens is 436 g/mol. The summed E-state index contributed by atoms with van der Waals surface area (Å²) in [4.78, 5) is 23.6. The lowest BCUT2D eigenvalue weighted by Crippen LogP contribution is -2.51. The molecule has 1 amide bonds. The summed E-state index contributed by atoms with van der Waals surface area (Å²) in [5.74, 6) is 1.12. The fourth-order valence-electron chi connectivity index (χ4n) is 5.22. The summed E-state index contributed by atoms with van der Waals surface area (Å²) in [6, 6.07) is 16.6. The number of carbonyl (C=O) groups is 1. The van der Waals surface area contributed by atoms with Gasteiger partial charge in [-0.3, -0.25) is 9.69 Å². The minimum absolute atomic E-state index is 0.216. The van der Waals surface area contributed by atoms with Crippen molar-refractivity contribution in [1.82, 2.24) is 14.8 Å². The quantitative estimate of drug-likeness (QED) is 0.426. The van der Waals surface area contributed by atoms with E-state index < -0.39 is 0 Å². The normalized spacial score (nSPS) is 15.1. The highest BCUT2D eigenvalue weighted by molar-refractivity contribution is 5.95. The number of para-hydroxylation sites is 1. The number of nitrogens with one attached hydrogen (secondary N) is 1. The largest absolute Gasteiger partial charge is 0.497 e. The molecule has 1 N–H and O–H groups in total. The maximum absolute atomic E-state index is 13.4. The van der Waals surface area contributed by atoms with E-state index in [9.17, 15) is 4.79 Å². The first-order valence-electron chi connectivity index (χ1n) is 13.1. The fraction of sp³-hybridized carbons (Fsp3) is 0.483. The van der Waals surface area contributed by atoms with Crippen LogP contribution in [-0.4, -0.2) is 73.1 Å². The van der Waals surface area contributed by atoms with Gasteiger partial charge < -0.3 is 19.5 Å². The zero-order valence-corrected chi connectivity index (χ0v) is 21.5. The smallest absolute Gasteiger partial charge is 0.241 e. The molecule has 0 saturated carbocycles. The minimum Gasteiger partial charge on any atom is -0.497 e. The number of benzene rings is 2. The van der Waals surface area contributed by atoms with Crippen LogP contribution in [0.25, 0.3) is 10.9 Å². The molecule has 0 atom stereocenters. The molecule has 188 valence electrons. The molecule has 0 bridgehead atoms. The van der Waals surface area contributed by atoms with E-state index in [1.807, 2.05) is 29.2 Å². The van der Waals surface area contributed by atoms with E-state index in [-0.39, 0.29) is 11.9 Å². The van der Waals surface area contributed by atoms with E-state index in [4.69, 9.17) is 4.74 Å². The maximum Gasteiger partial charge on any atom is 0.241 e. The first-order valence-corrected chi connectivity index (χ1v) is 13.1. The van der Waals surface area contributed by atoms with Crippen molar-refractivity contribution in [3.63, 3.8) is 0 Å². The van der Waals surface area contributed by atoms with Crippen LogP contribution in [0.4, 0.5) is 5.69 Å². The molecule has 0 radical (unpaired) electrons. The summed E-state index contributed by atoms with van der Waals surface area (Å²) in [5, 5.41) is 1.26. The molecule has 6 heteroatoms. The van der Waals surface area contributed by atoms with Gasteiger partial charge in [0.15, 0.2) is 0 Å². The average Bonchev–Trinajstić information content (AvgIpc) is 3.30. The van der Waals surface area contributed by atoms with Crippen LogP contribution in [0.15, 0.2) is 54.7 Å². The van der Waals surface area contributed by atoms with Crippen LogP contribution in [0, 0.1) is 0 Å². The third-order valence-corrected chi connectivity index (χ3v) is 7.33. The number of piperazine rings is 1. The van der Waals surface area contributed by atoms with Crippen molar-refractivity contribution in [3.8, 4) is 5.75 Å². The van der Waals surface area contributed by atoms with Gasteiger partial charge in [0.1, 0.15) is 5.75 Å². The monoisotopic (exact) mass is 476 g/mol. The Labute approximate surface area is 209 Å². The van der Waals surface area contributed by atoms with Gasteiger partial charge in [0, 0.05) is 55.0 Å². The molecule has 0 spiro atoms. The molecule has 6 nitrogen and oxygen atoms in total. The number of carbonyl (C=O) groups excluding carboxylic acids is 1. The van der Waals surface area contributed by atoms with Gasteiger partial charge in [-0.2, -0.15) is 0 Å². The highest BCUT2D eigenvalue weighted by Crippen LogP contribution is 2.25. The van der Waals surface area contributed by atoms with Gasteiger partial charge >= 0.3 is 0 Å². The van der Waals surface area contributed by atoms with E-state index >= 15 is 0 Å². The molecule has 0 unspecified atom stereocenters. The second-order valence-electron chi connectivity index (χ2n) is 9.52. The van der Waals surface area contributed by atoms with Gasteiger partial charge in [0.05, 0.1) is 13.7 Å². The lowest BCUT2D eigenvalue weighted by Gasteiger charge is -2.37. The molecule has 1 fully saturated rings. The predicted molar refractivity (Wildman–Crippen MR) is 144 cm³/mol. The molecule has 1 aromatic heterocycles. The third-order valence-electron chi connectivity index (χ3n) is 7.33. The average molecular weight is 477 g/mol. The van der Waals surface area contributed by atoms with Gasteiger partial charge in [0.2, 0.25) is 5.91 Å². The van der Waals surface area contributed by atoms with E-state index in [1.165, 1.54) is 10.9 Å². The molecular formula is C29H40N4O2. The highest BCUT2D eigenvalue weighted by Gasteiger charge is 2.26. The second kappa shape index (κ2) is 12.2. The Morgan fingerprint density at radius 2 is 1.74 bits per heavy atom. The van der Waals surface area contributed by atoms with Crippen LogP contribution >= 0.6 is 0 Å². The molecule has 1 aliphatic rings. The number of rotatable bonds is 11. The van der Waals surface area contributed by atoms with Crippen molar-refractivity contribution in [2.45, 2.75) is 45.6 Å². The van der Waals surface area contributed by atoms with Crippen LogP contribution in [0.1, 0.15) is 38.7 Å². The van der Waals surface area contributed by atoms with Crippen LogP contribution in [-0.2, 0) is 11.2 Å². The zero-order chi connectivity index (χ0) is 24.6. The Hall–Kier alpha value is -2.83. The predicted octanol–water partition coefficient (Wildman–Crippen LogP) is 4.95. The summed E-state index contributed by atoms with van der Waals surface area (Å²) in [6.07, 6.45) is 6.24. The highest BCUT2D eigenvalue weighted by atomic mass is 16.5. The molecule has 2 heterocycles. The third kappa shape index (κ3) is 6.24. The van der Waals surface area contributed by atoms with Crippen molar-refractivity contribution in [1.29, 1.82) is 0 Å². The molecule has 2 aromatic carbocycles. The number of H-pyrrole nitrogens is 1. The molecule has 0 aliphatic carbocycles. The Bertz CT molecular complexity index is 1070. The number of aromatic nitrogens is 1. The van der Waals surface area contributed by atoms with Crippen LogP contribution in [0.3, 0.4) is 0 Å².